The quantitative estimate of drug-likeness (QED) is 0.631. The molecule has 1 aliphatic rings. The van der Waals surface area contributed by atoms with E-state index in [1.54, 1.807) is 10.7 Å². The highest BCUT2D eigenvalue weighted by atomic mass is 32.2. The van der Waals surface area contributed by atoms with Crippen LogP contribution in [0.1, 0.15) is 5.69 Å². The van der Waals surface area contributed by atoms with E-state index in [1.807, 2.05) is 0 Å². The normalized spacial score (nSPS) is 14.4. The van der Waals surface area contributed by atoms with Crippen LogP contribution in [0.3, 0.4) is 0 Å². The van der Waals surface area contributed by atoms with Gasteiger partial charge in [-0.1, -0.05) is 0 Å². The predicted molar refractivity (Wildman–Crippen MR) is 77.8 cm³/mol. The molecule has 2 N–H and O–H groups in total. The van der Waals surface area contributed by atoms with E-state index < -0.39 is 14.9 Å². The number of rotatable bonds is 4. The van der Waals surface area contributed by atoms with Crippen molar-refractivity contribution >= 4 is 21.5 Å². The second-order valence-corrected chi connectivity index (χ2v) is 6.46. The summed E-state index contributed by atoms with van der Waals surface area (Å²) < 4.78 is 28.6. The minimum Gasteiger partial charge on any atom is -0.309 e. The van der Waals surface area contributed by atoms with Gasteiger partial charge in [-0.05, 0) is 12.1 Å². The Morgan fingerprint density at radius 1 is 1.32 bits per heavy atom. The predicted octanol–water partition coefficient (Wildman–Crippen LogP) is 0.695. The van der Waals surface area contributed by atoms with Crippen molar-refractivity contribution in [2.75, 3.05) is 11.3 Å². The van der Waals surface area contributed by atoms with Crippen LogP contribution in [0.5, 0.6) is 0 Å². The van der Waals surface area contributed by atoms with Crippen molar-refractivity contribution in [3.8, 4) is 0 Å². The van der Waals surface area contributed by atoms with Gasteiger partial charge in [0.2, 0.25) is 0 Å². The molecule has 0 spiro atoms. The van der Waals surface area contributed by atoms with Crippen LogP contribution in [0.2, 0.25) is 0 Å². The highest BCUT2D eigenvalue weighted by Gasteiger charge is 2.19. The number of sulfonamides is 1. The molecule has 0 atom stereocenters. The van der Waals surface area contributed by atoms with Crippen molar-refractivity contribution in [1.29, 1.82) is 0 Å². The summed E-state index contributed by atoms with van der Waals surface area (Å²) in [6, 6.07) is 6.35. The first-order valence-electron chi connectivity index (χ1n) is 6.50. The van der Waals surface area contributed by atoms with E-state index in [4.69, 9.17) is 0 Å². The number of aromatic nitrogens is 2. The van der Waals surface area contributed by atoms with Gasteiger partial charge in [-0.3, -0.25) is 19.5 Å². The van der Waals surface area contributed by atoms with Crippen molar-refractivity contribution in [3.63, 3.8) is 0 Å². The topological polar surface area (TPSA) is 119 Å². The van der Waals surface area contributed by atoms with Crippen LogP contribution in [-0.4, -0.2) is 29.7 Å². The van der Waals surface area contributed by atoms with Gasteiger partial charge in [0.05, 0.1) is 22.1 Å². The van der Waals surface area contributed by atoms with Crippen molar-refractivity contribution in [3.05, 3.63) is 46.1 Å². The number of nitrogens with one attached hydrogen (secondary N) is 2. The molecule has 1 aromatic heterocycles. The number of hydrogen-bond donors (Lipinski definition) is 2. The van der Waals surface area contributed by atoms with Crippen LogP contribution in [0, 0.1) is 10.1 Å². The molecule has 22 heavy (non-hydrogen) atoms. The lowest BCUT2D eigenvalue weighted by Crippen LogP contribution is -2.28. The van der Waals surface area contributed by atoms with Gasteiger partial charge < -0.3 is 5.32 Å². The number of nitrogens with zero attached hydrogens (tertiary/aromatic N) is 3. The Balaban J connectivity index is 1.83. The van der Waals surface area contributed by atoms with Gasteiger partial charge in [0.15, 0.2) is 5.82 Å². The number of hydrogen-bond acceptors (Lipinski definition) is 6. The first-order chi connectivity index (χ1) is 10.5. The van der Waals surface area contributed by atoms with E-state index >= 15 is 0 Å². The third-order valence-electron chi connectivity index (χ3n) is 3.27. The number of non-ortho nitro benzene ring substituents is 1. The Bertz CT molecular complexity index is 789. The molecule has 2 aromatic rings. The molecule has 0 saturated carbocycles. The van der Waals surface area contributed by atoms with Crippen LogP contribution in [0.15, 0.2) is 35.2 Å². The van der Waals surface area contributed by atoms with Gasteiger partial charge >= 0.3 is 0 Å². The zero-order valence-electron chi connectivity index (χ0n) is 11.4. The second kappa shape index (κ2) is 5.39. The molecule has 0 aliphatic carbocycles. The Kier molecular flexibility index (Phi) is 3.54. The average molecular weight is 323 g/mol. The monoisotopic (exact) mass is 323 g/mol. The second-order valence-electron chi connectivity index (χ2n) is 4.78. The molecule has 1 aromatic carbocycles. The molecule has 0 amide bonds. The molecule has 116 valence electrons. The highest BCUT2D eigenvalue weighted by molar-refractivity contribution is 7.92. The fraction of sp³-hybridized carbons (Fsp3) is 0.250. The van der Waals surface area contributed by atoms with Crippen molar-refractivity contribution < 1.29 is 13.3 Å². The fourth-order valence-electron chi connectivity index (χ4n) is 2.19. The molecule has 0 radical (unpaired) electrons. The van der Waals surface area contributed by atoms with Crippen molar-refractivity contribution in [2.24, 2.45) is 0 Å². The molecule has 0 fully saturated rings. The number of anilines is 1. The van der Waals surface area contributed by atoms with Gasteiger partial charge in [-0.2, -0.15) is 5.10 Å². The van der Waals surface area contributed by atoms with E-state index in [0.717, 1.165) is 24.4 Å². The lowest BCUT2D eigenvalue weighted by atomic mass is 10.3. The van der Waals surface area contributed by atoms with Gasteiger partial charge in [0.1, 0.15) is 0 Å². The highest BCUT2D eigenvalue weighted by Crippen LogP contribution is 2.19. The minimum absolute atomic E-state index is 0.0535. The molecule has 9 nitrogen and oxygen atoms in total. The molecule has 10 heteroatoms. The van der Waals surface area contributed by atoms with Crippen LogP contribution >= 0.6 is 0 Å². The lowest BCUT2D eigenvalue weighted by molar-refractivity contribution is -0.384. The maximum Gasteiger partial charge on any atom is 0.269 e. The lowest BCUT2D eigenvalue weighted by Gasteiger charge is -2.13. The summed E-state index contributed by atoms with van der Waals surface area (Å²) in [5.41, 5.74) is 0.732. The summed E-state index contributed by atoms with van der Waals surface area (Å²) in [7, 11) is -3.82. The molecular formula is C12H13N5O4S. The Morgan fingerprint density at radius 2 is 2.05 bits per heavy atom. The SMILES string of the molecule is O=[N+]([O-])c1ccc(S(=O)(=O)Nc2cc3n(n2)CCNC3)cc1. The van der Waals surface area contributed by atoms with Crippen LogP contribution in [-0.2, 0) is 23.1 Å². The van der Waals surface area contributed by atoms with Gasteiger partial charge in [-0.25, -0.2) is 8.42 Å². The molecule has 0 unspecified atom stereocenters. The molecule has 0 saturated heterocycles. The maximum atomic E-state index is 12.2. The first kappa shape index (κ1) is 14.5. The van der Waals surface area contributed by atoms with Crippen molar-refractivity contribution in [2.45, 2.75) is 18.0 Å². The van der Waals surface area contributed by atoms with Crippen molar-refractivity contribution in [1.82, 2.24) is 15.1 Å². The third-order valence-corrected chi connectivity index (χ3v) is 4.64. The number of benzene rings is 1. The zero-order chi connectivity index (χ0) is 15.7. The van der Waals surface area contributed by atoms with E-state index in [0.29, 0.717) is 13.1 Å². The number of fused-ring (bicyclic) bond motifs is 1. The molecule has 0 bridgehead atoms. The summed E-state index contributed by atoms with van der Waals surface area (Å²) in [5.74, 6) is 0.233. The molecular weight excluding hydrogens is 310 g/mol. The average Bonchev–Trinajstić information content (AvgIpc) is 2.88. The number of nitro groups is 1. The first-order valence-corrected chi connectivity index (χ1v) is 7.99. The van der Waals surface area contributed by atoms with Gasteiger partial charge in [0.25, 0.3) is 15.7 Å². The standard InChI is InChI=1S/C12H13N5O4S/c18-17(19)9-1-3-11(4-2-9)22(20,21)15-12-7-10-8-13-5-6-16(10)14-12/h1-4,7,13H,5-6,8H2,(H,14,15). The zero-order valence-corrected chi connectivity index (χ0v) is 12.2. The molecule has 3 rings (SSSR count). The van der Waals surface area contributed by atoms with E-state index in [-0.39, 0.29) is 16.4 Å². The summed E-state index contributed by atoms with van der Waals surface area (Å²) in [6.07, 6.45) is 0. The van der Waals surface area contributed by atoms with Crippen LogP contribution in [0.25, 0.3) is 0 Å². The third kappa shape index (κ3) is 2.78. The smallest absolute Gasteiger partial charge is 0.269 e. The van der Waals surface area contributed by atoms with Gasteiger partial charge in [-0.15, -0.1) is 0 Å². The van der Waals surface area contributed by atoms with Crippen LogP contribution in [0.4, 0.5) is 11.5 Å². The van der Waals surface area contributed by atoms with E-state index in [2.05, 4.69) is 15.1 Å². The van der Waals surface area contributed by atoms with Crippen LogP contribution < -0.4 is 10.0 Å². The van der Waals surface area contributed by atoms with E-state index in [9.17, 15) is 18.5 Å². The Hall–Kier alpha value is -2.46. The fourth-order valence-corrected chi connectivity index (χ4v) is 3.17. The number of nitro benzene ring substituents is 1. The summed E-state index contributed by atoms with van der Waals surface area (Å²) in [6.45, 7) is 2.09. The van der Waals surface area contributed by atoms with E-state index in [1.165, 1.54) is 12.1 Å². The van der Waals surface area contributed by atoms with Gasteiger partial charge in [0, 0.05) is 31.3 Å². The minimum atomic E-state index is -3.82. The largest absolute Gasteiger partial charge is 0.309 e. The molecule has 2 heterocycles. The summed E-state index contributed by atoms with van der Waals surface area (Å²) >= 11 is 0. The Labute approximate surface area is 126 Å². The molecule has 1 aliphatic heterocycles. The Morgan fingerprint density at radius 3 is 2.68 bits per heavy atom. The summed E-state index contributed by atoms with van der Waals surface area (Å²) in [4.78, 5) is 9.95. The maximum absolute atomic E-state index is 12.2. The summed E-state index contributed by atoms with van der Waals surface area (Å²) in [5, 5.41) is 17.9.